The first-order chi connectivity index (χ1) is 16.2. The Kier molecular flexibility index (Phi) is 6.51. The Morgan fingerprint density at radius 1 is 0.909 bits per heavy atom. The predicted octanol–water partition coefficient (Wildman–Crippen LogP) is 4.01. The molecule has 0 saturated carbocycles. The number of benzene rings is 2. The number of amides is 2. The lowest BCUT2D eigenvalue weighted by atomic mass is 10.1. The maximum atomic E-state index is 13.1. The summed E-state index contributed by atoms with van der Waals surface area (Å²) in [5.41, 5.74) is 3.03. The van der Waals surface area contributed by atoms with Crippen LogP contribution in [0.15, 0.2) is 77.4 Å². The molecule has 2 saturated heterocycles. The van der Waals surface area contributed by atoms with Crippen LogP contribution in [0, 0.1) is 0 Å². The van der Waals surface area contributed by atoms with E-state index in [2.05, 4.69) is 29.2 Å². The van der Waals surface area contributed by atoms with Gasteiger partial charge in [-0.05, 0) is 35.4 Å². The van der Waals surface area contributed by atoms with E-state index in [1.54, 1.807) is 18.0 Å². The molecule has 1 aromatic heterocycles. The van der Waals surface area contributed by atoms with E-state index in [-0.39, 0.29) is 17.2 Å². The van der Waals surface area contributed by atoms with Crippen molar-refractivity contribution in [3.63, 3.8) is 0 Å². The first-order valence-electron chi connectivity index (χ1n) is 11.3. The fourth-order valence-corrected chi connectivity index (χ4v) is 5.58. The molecule has 2 aromatic carbocycles. The Labute approximate surface area is 198 Å². The number of carbonyl (C=O) groups excluding carboxylic acids is 2. The van der Waals surface area contributed by atoms with E-state index >= 15 is 0 Å². The van der Waals surface area contributed by atoms with Crippen LogP contribution in [0.5, 0.6) is 0 Å². The van der Waals surface area contributed by atoms with Crippen molar-refractivity contribution in [2.75, 3.05) is 31.9 Å². The predicted molar refractivity (Wildman–Crippen MR) is 129 cm³/mol. The van der Waals surface area contributed by atoms with Crippen molar-refractivity contribution in [1.29, 1.82) is 0 Å². The van der Waals surface area contributed by atoms with Crippen LogP contribution in [0.3, 0.4) is 0 Å². The van der Waals surface area contributed by atoms with E-state index in [0.717, 1.165) is 44.0 Å². The van der Waals surface area contributed by atoms with Crippen molar-refractivity contribution in [3.8, 4) is 0 Å². The van der Waals surface area contributed by atoms with Crippen molar-refractivity contribution in [2.45, 2.75) is 18.5 Å². The third kappa shape index (κ3) is 4.99. The lowest BCUT2D eigenvalue weighted by molar-refractivity contribution is -0.128. The number of nitrogens with zero attached hydrogens (tertiary/aromatic N) is 3. The molecular formula is C26H27N3O3S. The van der Waals surface area contributed by atoms with E-state index in [9.17, 15) is 9.59 Å². The maximum Gasteiger partial charge on any atom is 0.253 e. The molecule has 0 aliphatic carbocycles. The molecule has 0 N–H and O–H groups in total. The van der Waals surface area contributed by atoms with Gasteiger partial charge in [-0.15, -0.1) is 11.8 Å². The molecule has 170 valence electrons. The fraction of sp³-hybridized carbons (Fsp3) is 0.308. The van der Waals surface area contributed by atoms with Crippen LogP contribution in [-0.4, -0.2) is 58.4 Å². The van der Waals surface area contributed by atoms with Crippen LogP contribution in [-0.2, 0) is 17.9 Å². The standard InChI is InChI=1S/C26H27N3O3S/c30-24-19-33-26(29(24)18-23-7-4-16-32-23)22-10-8-21(9-11-22)25(31)28-14-12-27(13-15-28)17-20-5-2-1-3-6-20/h1-11,16,26H,12-15,17-19H2/t26-/m0/s1. The molecule has 7 heteroatoms. The SMILES string of the molecule is O=C(c1ccc([C@@H]2SCC(=O)N2Cc2ccco2)cc1)N1CCN(Cc2ccccc2)CC1. The second-order valence-electron chi connectivity index (χ2n) is 8.44. The molecule has 5 rings (SSSR count). The lowest BCUT2D eigenvalue weighted by Gasteiger charge is -2.34. The highest BCUT2D eigenvalue weighted by Crippen LogP contribution is 2.39. The van der Waals surface area contributed by atoms with Gasteiger partial charge in [-0.2, -0.15) is 0 Å². The number of hydrogen-bond acceptors (Lipinski definition) is 5. The van der Waals surface area contributed by atoms with Crippen molar-refractivity contribution < 1.29 is 14.0 Å². The van der Waals surface area contributed by atoms with E-state index in [4.69, 9.17) is 4.42 Å². The zero-order chi connectivity index (χ0) is 22.6. The van der Waals surface area contributed by atoms with Gasteiger partial charge in [-0.3, -0.25) is 14.5 Å². The van der Waals surface area contributed by atoms with Crippen molar-refractivity contribution >= 4 is 23.6 Å². The summed E-state index contributed by atoms with van der Waals surface area (Å²) in [6.07, 6.45) is 1.62. The van der Waals surface area contributed by atoms with E-state index in [0.29, 0.717) is 17.9 Å². The average molecular weight is 462 g/mol. The molecule has 2 fully saturated rings. The zero-order valence-corrected chi connectivity index (χ0v) is 19.2. The van der Waals surface area contributed by atoms with Crippen LogP contribution >= 0.6 is 11.8 Å². The Morgan fingerprint density at radius 3 is 2.36 bits per heavy atom. The average Bonchev–Trinajstić information content (AvgIpc) is 3.50. The normalized spacial score (nSPS) is 19.3. The second-order valence-corrected chi connectivity index (χ2v) is 9.51. The van der Waals surface area contributed by atoms with Crippen LogP contribution in [0.1, 0.15) is 32.6 Å². The highest BCUT2D eigenvalue weighted by atomic mass is 32.2. The van der Waals surface area contributed by atoms with E-state index in [1.807, 2.05) is 52.3 Å². The summed E-state index contributed by atoms with van der Waals surface area (Å²) in [5.74, 6) is 1.41. The van der Waals surface area contributed by atoms with Crippen molar-refractivity contribution in [2.24, 2.45) is 0 Å². The molecule has 0 spiro atoms. The summed E-state index contributed by atoms with van der Waals surface area (Å²) in [5, 5.41) is -0.0618. The van der Waals surface area contributed by atoms with Gasteiger partial charge in [0, 0.05) is 38.3 Å². The third-order valence-corrected chi connectivity index (χ3v) is 7.48. The summed E-state index contributed by atoms with van der Waals surface area (Å²) >= 11 is 1.61. The number of carbonyl (C=O) groups is 2. The smallest absolute Gasteiger partial charge is 0.253 e. The molecule has 0 radical (unpaired) electrons. The van der Waals surface area contributed by atoms with E-state index < -0.39 is 0 Å². The highest BCUT2D eigenvalue weighted by molar-refractivity contribution is 8.00. The molecular weight excluding hydrogens is 434 g/mol. The number of furan rings is 1. The molecule has 1 atom stereocenters. The molecule has 6 nitrogen and oxygen atoms in total. The Hall–Kier alpha value is -3.03. The quantitative estimate of drug-likeness (QED) is 0.555. The molecule has 3 heterocycles. The number of hydrogen-bond donors (Lipinski definition) is 0. The van der Waals surface area contributed by atoms with Gasteiger partial charge >= 0.3 is 0 Å². The summed E-state index contributed by atoms with van der Waals surface area (Å²) in [6, 6.07) is 21.9. The van der Waals surface area contributed by atoms with Gasteiger partial charge in [-0.1, -0.05) is 42.5 Å². The minimum atomic E-state index is -0.0618. The van der Waals surface area contributed by atoms with Crippen molar-refractivity contribution in [1.82, 2.24) is 14.7 Å². The molecule has 2 aliphatic rings. The lowest BCUT2D eigenvalue weighted by Crippen LogP contribution is -2.48. The van der Waals surface area contributed by atoms with Crippen LogP contribution in [0.4, 0.5) is 0 Å². The summed E-state index contributed by atoms with van der Waals surface area (Å²) in [4.78, 5) is 31.6. The minimum Gasteiger partial charge on any atom is -0.467 e. The Bertz CT molecular complexity index is 1080. The van der Waals surface area contributed by atoms with Crippen LogP contribution in [0.2, 0.25) is 0 Å². The first-order valence-corrected chi connectivity index (χ1v) is 12.3. The molecule has 0 bridgehead atoms. The molecule has 2 aliphatic heterocycles. The topological polar surface area (TPSA) is 57.0 Å². The Morgan fingerprint density at radius 2 is 1.67 bits per heavy atom. The highest BCUT2D eigenvalue weighted by Gasteiger charge is 2.33. The van der Waals surface area contributed by atoms with Gasteiger partial charge in [0.25, 0.3) is 5.91 Å². The monoisotopic (exact) mass is 461 g/mol. The number of thioether (sulfide) groups is 1. The molecule has 3 aromatic rings. The van der Waals surface area contributed by atoms with Gasteiger partial charge < -0.3 is 14.2 Å². The van der Waals surface area contributed by atoms with E-state index in [1.165, 1.54) is 5.56 Å². The summed E-state index contributed by atoms with van der Waals surface area (Å²) in [6.45, 7) is 4.60. The van der Waals surface area contributed by atoms with Gasteiger partial charge in [0.1, 0.15) is 11.1 Å². The zero-order valence-electron chi connectivity index (χ0n) is 18.4. The first kappa shape index (κ1) is 21.8. The second kappa shape index (κ2) is 9.85. The summed E-state index contributed by atoms with van der Waals surface area (Å²) < 4.78 is 5.43. The largest absolute Gasteiger partial charge is 0.467 e. The third-order valence-electron chi connectivity index (χ3n) is 6.23. The number of piperazine rings is 1. The molecule has 2 amide bonds. The Balaban J connectivity index is 1.19. The van der Waals surface area contributed by atoms with Gasteiger partial charge in [0.15, 0.2) is 0 Å². The maximum absolute atomic E-state index is 13.1. The van der Waals surface area contributed by atoms with Gasteiger partial charge in [0.2, 0.25) is 5.91 Å². The van der Waals surface area contributed by atoms with Crippen LogP contribution in [0.25, 0.3) is 0 Å². The van der Waals surface area contributed by atoms with Crippen molar-refractivity contribution in [3.05, 3.63) is 95.4 Å². The van der Waals surface area contributed by atoms with Crippen LogP contribution < -0.4 is 0 Å². The minimum absolute atomic E-state index is 0.0618. The number of rotatable bonds is 6. The molecule has 0 unspecified atom stereocenters. The summed E-state index contributed by atoms with van der Waals surface area (Å²) in [7, 11) is 0. The fourth-order valence-electron chi connectivity index (χ4n) is 4.40. The molecule has 33 heavy (non-hydrogen) atoms. The van der Waals surface area contributed by atoms with Gasteiger partial charge in [0.05, 0.1) is 18.6 Å². The van der Waals surface area contributed by atoms with Gasteiger partial charge in [-0.25, -0.2) is 0 Å².